The highest BCUT2D eigenvalue weighted by Crippen LogP contribution is 2.28. The average molecular weight is 286 g/mol. The number of aryl methyl sites for hydroxylation is 1. The third-order valence-corrected chi connectivity index (χ3v) is 3.83. The van der Waals surface area contributed by atoms with Crippen LogP contribution in [0.25, 0.3) is 11.6 Å². The van der Waals surface area contributed by atoms with E-state index in [4.69, 9.17) is 0 Å². The first kappa shape index (κ1) is 15.0. The fourth-order valence-electron chi connectivity index (χ4n) is 2.34. The number of amides is 1. The predicted octanol–water partition coefficient (Wildman–Crippen LogP) is 4.21. The highest BCUT2D eigenvalue weighted by Gasteiger charge is 2.09. The highest BCUT2D eigenvalue weighted by atomic mass is 19.1. The van der Waals surface area contributed by atoms with Gasteiger partial charge < -0.3 is 10.3 Å². The van der Waals surface area contributed by atoms with Gasteiger partial charge >= 0.3 is 0 Å². The van der Waals surface area contributed by atoms with Crippen molar-refractivity contribution in [1.29, 1.82) is 0 Å². The van der Waals surface area contributed by atoms with Crippen LogP contribution in [0.5, 0.6) is 0 Å². The summed E-state index contributed by atoms with van der Waals surface area (Å²) in [6.45, 7) is 8.04. The number of rotatable bonds is 4. The van der Waals surface area contributed by atoms with Crippen molar-refractivity contribution < 1.29 is 9.18 Å². The number of anilines is 1. The highest BCUT2D eigenvalue weighted by molar-refractivity contribution is 5.89. The maximum Gasteiger partial charge on any atom is 0.211 e. The summed E-state index contributed by atoms with van der Waals surface area (Å²) < 4.78 is 13.5. The molecular weight excluding hydrogens is 267 g/mol. The monoisotopic (exact) mass is 286 g/mol. The van der Waals surface area contributed by atoms with Crippen molar-refractivity contribution in [2.45, 2.75) is 27.7 Å². The van der Waals surface area contributed by atoms with Crippen molar-refractivity contribution >= 4 is 23.7 Å². The lowest BCUT2D eigenvalue weighted by Gasteiger charge is -2.09. The van der Waals surface area contributed by atoms with E-state index in [9.17, 15) is 9.18 Å². The zero-order chi connectivity index (χ0) is 15.6. The first-order chi connectivity index (χ1) is 9.93. The molecule has 0 saturated carbocycles. The Morgan fingerprint density at radius 2 is 1.95 bits per heavy atom. The Balaban J connectivity index is 2.50. The molecule has 0 aliphatic heterocycles. The van der Waals surface area contributed by atoms with Crippen LogP contribution in [0.3, 0.4) is 0 Å². The van der Waals surface area contributed by atoms with E-state index in [-0.39, 0.29) is 5.82 Å². The molecule has 110 valence electrons. The Morgan fingerprint density at radius 1 is 1.24 bits per heavy atom. The SMILES string of the molecule is C/C(=C\c1[nH]c(C)c(C)c1C)c1cc(F)ccc1NC=O. The van der Waals surface area contributed by atoms with E-state index in [1.807, 2.05) is 26.8 Å². The second kappa shape index (κ2) is 5.95. The van der Waals surface area contributed by atoms with E-state index in [0.717, 1.165) is 17.0 Å². The van der Waals surface area contributed by atoms with Crippen LogP contribution in [0, 0.1) is 26.6 Å². The lowest BCUT2D eigenvalue weighted by molar-refractivity contribution is -0.105. The summed E-state index contributed by atoms with van der Waals surface area (Å²) in [4.78, 5) is 14.0. The van der Waals surface area contributed by atoms with Crippen molar-refractivity contribution in [3.8, 4) is 0 Å². The van der Waals surface area contributed by atoms with Crippen LogP contribution in [0.1, 0.15) is 35.0 Å². The van der Waals surface area contributed by atoms with Crippen LogP contribution in [0.4, 0.5) is 10.1 Å². The Morgan fingerprint density at radius 3 is 2.52 bits per heavy atom. The Kier molecular flexibility index (Phi) is 4.26. The maximum atomic E-state index is 13.5. The molecule has 3 nitrogen and oxygen atoms in total. The molecule has 1 aromatic carbocycles. The smallest absolute Gasteiger partial charge is 0.211 e. The standard InChI is InChI=1S/C17H19FN2O/c1-10(7-17-12(3)11(2)13(4)20-17)15-8-14(18)5-6-16(15)19-9-21/h5-9,20H,1-4H3,(H,19,21)/b10-7+. The molecule has 0 atom stereocenters. The number of aromatic nitrogens is 1. The average Bonchev–Trinajstić information content (AvgIpc) is 2.68. The summed E-state index contributed by atoms with van der Waals surface area (Å²) in [6, 6.07) is 4.32. The van der Waals surface area contributed by atoms with Crippen molar-refractivity contribution in [3.63, 3.8) is 0 Å². The van der Waals surface area contributed by atoms with Crippen LogP contribution in [-0.2, 0) is 4.79 Å². The largest absolute Gasteiger partial charge is 0.359 e. The van der Waals surface area contributed by atoms with E-state index in [1.54, 1.807) is 6.07 Å². The number of benzene rings is 1. The first-order valence-electron chi connectivity index (χ1n) is 6.78. The predicted molar refractivity (Wildman–Crippen MR) is 84.6 cm³/mol. The molecule has 0 aliphatic carbocycles. The number of allylic oxidation sites excluding steroid dienone is 1. The Hall–Kier alpha value is -2.36. The molecule has 0 bridgehead atoms. The topological polar surface area (TPSA) is 44.9 Å². The van der Waals surface area contributed by atoms with Crippen molar-refractivity contribution in [2.75, 3.05) is 5.32 Å². The molecule has 1 amide bonds. The minimum atomic E-state index is -0.329. The van der Waals surface area contributed by atoms with E-state index >= 15 is 0 Å². The third-order valence-electron chi connectivity index (χ3n) is 3.83. The van der Waals surface area contributed by atoms with Gasteiger partial charge in [-0.05, 0) is 68.7 Å². The van der Waals surface area contributed by atoms with E-state index in [1.165, 1.54) is 23.3 Å². The van der Waals surface area contributed by atoms with Gasteiger partial charge in [0.15, 0.2) is 0 Å². The number of halogens is 1. The summed E-state index contributed by atoms with van der Waals surface area (Å²) >= 11 is 0. The molecule has 4 heteroatoms. The van der Waals surface area contributed by atoms with Crippen molar-refractivity contribution in [2.24, 2.45) is 0 Å². The fraction of sp³-hybridized carbons (Fsp3) is 0.235. The molecule has 2 N–H and O–H groups in total. The summed E-state index contributed by atoms with van der Waals surface area (Å²) in [5.41, 5.74) is 6.67. The van der Waals surface area contributed by atoms with Gasteiger partial charge in [-0.2, -0.15) is 0 Å². The number of hydrogen-bond donors (Lipinski definition) is 2. The van der Waals surface area contributed by atoms with Gasteiger partial charge in [0, 0.05) is 22.6 Å². The number of carbonyl (C=O) groups is 1. The van der Waals surface area contributed by atoms with Gasteiger partial charge in [0.25, 0.3) is 0 Å². The second-order valence-electron chi connectivity index (χ2n) is 5.19. The normalized spacial score (nSPS) is 11.6. The zero-order valence-corrected chi connectivity index (χ0v) is 12.7. The molecular formula is C17H19FN2O. The van der Waals surface area contributed by atoms with Crippen LogP contribution >= 0.6 is 0 Å². The van der Waals surface area contributed by atoms with E-state index in [0.29, 0.717) is 17.7 Å². The van der Waals surface area contributed by atoms with Gasteiger partial charge in [0.1, 0.15) is 5.82 Å². The molecule has 0 unspecified atom stereocenters. The minimum absolute atomic E-state index is 0.329. The molecule has 0 fully saturated rings. The summed E-state index contributed by atoms with van der Waals surface area (Å²) in [6.07, 6.45) is 2.57. The Bertz CT molecular complexity index is 714. The van der Waals surface area contributed by atoms with Gasteiger partial charge in [0.05, 0.1) is 0 Å². The van der Waals surface area contributed by atoms with Gasteiger partial charge in [-0.15, -0.1) is 0 Å². The lowest BCUT2D eigenvalue weighted by atomic mass is 10.0. The van der Waals surface area contributed by atoms with Gasteiger partial charge in [-0.3, -0.25) is 4.79 Å². The Labute approximate surface area is 123 Å². The quantitative estimate of drug-likeness (QED) is 0.813. The minimum Gasteiger partial charge on any atom is -0.359 e. The molecule has 0 saturated heterocycles. The molecule has 2 aromatic rings. The van der Waals surface area contributed by atoms with Gasteiger partial charge in [0.2, 0.25) is 6.41 Å². The molecule has 1 heterocycles. The van der Waals surface area contributed by atoms with Crippen LogP contribution in [0.2, 0.25) is 0 Å². The maximum absolute atomic E-state index is 13.5. The van der Waals surface area contributed by atoms with E-state index in [2.05, 4.69) is 17.2 Å². The second-order valence-corrected chi connectivity index (χ2v) is 5.19. The van der Waals surface area contributed by atoms with Crippen LogP contribution in [-0.4, -0.2) is 11.4 Å². The zero-order valence-electron chi connectivity index (χ0n) is 12.7. The van der Waals surface area contributed by atoms with Gasteiger partial charge in [-0.1, -0.05) is 0 Å². The van der Waals surface area contributed by atoms with Crippen molar-refractivity contribution in [3.05, 3.63) is 52.1 Å². The third kappa shape index (κ3) is 3.05. The molecule has 0 aliphatic rings. The molecule has 1 aromatic heterocycles. The number of carbonyl (C=O) groups excluding carboxylic acids is 1. The molecule has 0 radical (unpaired) electrons. The summed E-state index contributed by atoms with van der Waals surface area (Å²) in [5.74, 6) is -0.329. The summed E-state index contributed by atoms with van der Waals surface area (Å²) in [7, 11) is 0. The van der Waals surface area contributed by atoms with Crippen LogP contribution < -0.4 is 5.32 Å². The fourth-order valence-corrected chi connectivity index (χ4v) is 2.34. The lowest BCUT2D eigenvalue weighted by Crippen LogP contribution is -1.98. The number of hydrogen-bond acceptors (Lipinski definition) is 1. The van der Waals surface area contributed by atoms with Crippen molar-refractivity contribution in [1.82, 2.24) is 4.98 Å². The molecule has 2 rings (SSSR count). The number of aromatic amines is 1. The van der Waals surface area contributed by atoms with E-state index < -0.39 is 0 Å². The number of H-pyrrole nitrogens is 1. The molecule has 0 spiro atoms. The van der Waals surface area contributed by atoms with Crippen LogP contribution in [0.15, 0.2) is 18.2 Å². The van der Waals surface area contributed by atoms with Gasteiger partial charge in [-0.25, -0.2) is 4.39 Å². The molecule has 21 heavy (non-hydrogen) atoms. The summed E-state index contributed by atoms with van der Waals surface area (Å²) in [5, 5.41) is 2.60. The first-order valence-corrected chi connectivity index (χ1v) is 6.78. The number of nitrogens with one attached hydrogen (secondary N) is 2.